The largest absolute Gasteiger partial charge is 0.494 e. The summed E-state index contributed by atoms with van der Waals surface area (Å²) in [5.41, 5.74) is 13.4. The topological polar surface area (TPSA) is 112 Å². The molecule has 2 bridgehead atoms. The molecule has 2 N–H and O–H groups in total. The number of anilines is 1. The van der Waals surface area contributed by atoms with Gasteiger partial charge in [0.25, 0.3) is 5.91 Å². The first-order chi connectivity index (χ1) is 22.9. The molecule has 0 spiro atoms. The molecule has 10 heteroatoms. The maximum atomic E-state index is 13.8. The standard InChI is InChI=1S/C37H39N7O3/c1-41-34-28(16-25(18-31(34)47-2)37(46)44-20-24-10-14-29(44)33(24)38)40-36(41)30-17-23-9-13-27(39-35(23)43(30)19-21-5-6-21)22-7-11-26(12-8-22)42-15-3-4-32(42)45/h7-9,11-13,16-18,21,24,29,33H,3-6,10,14-15,19-20,38H2,1-2H3/t24?,29?,33-/m1/s1. The number of piperidine rings is 1. The lowest BCUT2D eigenvalue weighted by Gasteiger charge is -2.27. The quantitative estimate of drug-likeness (QED) is 0.259. The highest BCUT2D eigenvalue weighted by Gasteiger charge is 2.47. The van der Waals surface area contributed by atoms with Crippen molar-refractivity contribution < 1.29 is 14.3 Å². The van der Waals surface area contributed by atoms with Crippen molar-refractivity contribution in [3.63, 3.8) is 0 Å². The fourth-order valence-electron chi connectivity index (χ4n) is 8.22. The van der Waals surface area contributed by atoms with Gasteiger partial charge < -0.3 is 29.4 Å². The van der Waals surface area contributed by atoms with Crippen molar-refractivity contribution in [2.24, 2.45) is 24.6 Å². The first-order valence-corrected chi connectivity index (χ1v) is 16.9. The molecule has 3 aromatic heterocycles. The Kier molecular flexibility index (Phi) is 6.47. The van der Waals surface area contributed by atoms with Gasteiger partial charge in [-0.2, -0.15) is 0 Å². The molecule has 240 valence electrons. The molecule has 47 heavy (non-hydrogen) atoms. The third-order valence-corrected chi connectivity index (χ3v) is 11.0. The molecule has 0 radical (unpaired) electrons. The summed E-state index contributed by atoms with van der Waals surface area (Å²) < 4.78 is 10.3. The molecule has 4 aliphatic rings. The summed E-state index contributed by atoms with van der Waals surface area (Å²) in [6.45, 7) is 2.36. The van der Waals surface area contributed by atoms with Gasteiger partial charge in [-0.25, -0.2) is 9.97 Å². The van der Waals surface area contributed by atoms with Crippen molar-refractivity contribution in [2.45, 2.75) is 57.2 Å². The molecule has 2 aliphatic heterocycles. The summed E-state index contributed by atoms with van der Waals surface area (Å²) >= 11 is 0. The van der Waals surface area contributed by atoms with Crippen LogP contribution in [0.4, 0.5) is 5.69 Å². The molecule has 5 aromatic rings. The molecule has 5 heterocycles. The SMILES string of the molecule is COc1cc(C(=O)N2CC3CCC2[C@@H]3N)cc2nc(-c3cc4ccc(-c5ccc(N6CCCC6=O)cc5)nc4n3CC3CC3)n(C)c12. The second-order valence-corrected chi connectivity index (χ2v) is 13.9. The number of benzene rings is 2. The van der Waals surface area contributed by atoms with E-state index in [1.54, 1.807) is 7.11 Å². The lowest BCUT2D eigenvalue weighted by atomic mass is 10.1. The average Bonchev–Trinajstić information content (AvgIpc) is 3.33. The average molecular weight is 630 g/mol. The Labute approximate surface area is 273 Å². The van der Waals surface area contributed by atoms with E-state index >= 15 is 0 Å². The Morgan fingerprint density at radius 3 is 2.53 bits per heavy atom. The number of rotatable bonds is 7. The molecular weight excluding hydrogens is 590 g/mol. The Balaban J connectivity index is 1.11. The zero-order valence-corrected chi connectivity index (χ0v) is 26.9. The van der Waals surface area contributed by atoms with E-state index in [0.29, 0.717) is 29.6 Å². The number of ether oxygens (including phenoxy) is 1. The van der Waals surface area contributed by atoms with Crippen LogP contribution in [0.2, 0.25) is 0 Å². The van der Waals surface area contributed by atoms with Gasteiger partial charge >= 0.3 is 0 Å². The summed E-state index contributed by atoms with van der Waals surface area (Å²) in [6, 6.07) is 18.5. The lowest BCUT2D eigenvalue weighted by Crippen LogP contribution is -2.41. The van der Waals surface area contributed by atoms with Gasteiger partial charge in [0.1, 0.15) is 16.9 Å². The van der Waals surface area contributed by atoms with Gasteiger partial charge in [-0.3, -0.25) is 9.59 Å². The smallest absolute Gasteiger partial charge is 0.254 e. The van der Waals surface area contributed by atoms with Crippen LogP contribution in [-0.2, 0) is 18.4 Å². The maximum Gasteiger partial charge on any atom is 0.254 e. The number of aryl methyl sites for hydroxylation is 1. The molecule has 9 rings (SSSR count). The third-order valence-electron chi connectivity index (χ3n) is 11.0. The number of imidazole rings is 1. The minimum absolute atomic E-state index is 0.000286. The normalized spacial score (nSPS) is 22.4. The van der Waals surface area contributed by atoms with Crippen LogP contribution >= 0.6 is 0 Å². The van der Waals surface area contributed by atoms with Crippen LogP contribution in [0.3, 0.4) is 0 Å². The van der Waals surface area contributed by atoms with Gasteiger partial charge in [-0.1, -0.05) is 12.1 Å². The molecule has 10 nitrogen and oxygen atoms in total. The van der Waals surface area contributed by atoms with E-state index in [9.17, 15) is 9.59 Å². The molecule has 2 saturated carbocycles. The van der Waals surface area contributed by atoms with E-state index in [2.05, 4.69) is 39.5 Å². The Hall–Kier alpha value is -4.70. The molecule has 3 atom stereocenters. The summed E-state index contributed by atoms with van der Waals surface area (Å²) in [6.07, 6.45) is 6.01. The molecule has 2 aliphatic carbocycles. The Bertz CT molecular complexity index is 2080. The van der Waals surface area contributed by atoms with Crippen molar-refractivity contribution in [3.05, 3.63) is 60.2 Å². The zero-order chi connectivity index (χ0) is 32.0. The summed E-state index contributed by atoms with van der Waals surface area (Å²) in [5, 5.41) is 1.05. The zero-order valence-electron chi connectivity index (χ0n) is 26.9. The molecule has 4 fully saturated rings. The molecule has 2 saturated heterocycles. The van der Waals surface area contributed by atoms with Crippen LogP contribution in [-0.4, -0.2) is 68.1 Å². The number of fused-ring (bicyclic) bond motifs is 4. The first-order valence-electron chi connectivity index (χ1n) is 16.9. The number of nitrogens with zero attached hydrogens (tertiary/aromatic N) is 6. The molecule has 2 aromatic carbocycles. The van der Waals surface area contributed by atoms with Crippen LogP contribution in [0, 0.1) is 11.8 Å². The maximum absolute atomic E-state index is 13.8. The summed E-state index contributed by atoms with van der Waals surface area (Å²) in [7, 11) is 3.66. The Morgan fingerprint density at radius 1 is 1.02 bits per heavy atom. The number of nitrogens with two attached hydrogens (primary N) is 1. The van der Waals surface area contributed by atoms with Crippen molar-refractivity contribution in [3.8, 4) is 28.5 Å². The van der Waals surface area contributed by atoms with E-state index in [1.807, 2.05) is 41.1 Å². The van der Waals surface area contributed by atoms with Crippen molar-refractivity contribution in [1.82, 2.24) is 24.0 Å². The number of hydrogen-bond donors (Lipinski definition) is 1. The monoisotopic (exact) mass is 629 g/mol. The number of aromatic nitrogens is 4. The molecular formula is C37H39N7O3. The minimum Gasteiger partial charge on any atom is -0.494 e. The molecule has 2 unspecified atom stereocenters. The van der Waals surface area contributed by atoms with E-state index in [-0.39, 0.29) is 23.9 Å². The van der Waals surface area contributed by atoms with E-state index < -0.39 is 0 Å². The predicted octanol–water partition coefficient (Wildman–Crippen LogP) is 5.36. The van der Waals surface area contributed by atoms with E-state index in [0.717, 1.165) is 89.4 Å². The van der Waals surface area contributed by atoms with Crippen molar-refractivity contribution in [2.75, 3.05) is 25.1 Å². The van der Waals surface area contributed by atoms with Crippen LogP contribution in [0.5, 0.6) is 5.75 Å². The van der Waals surface area contributed by atoms with Crippen molar-refractivity contribution >= 4 is 39.6 Å². The Morgan fingerprint density at radius 2 is 1.85 bits per heavy atom. The highest BCUT2D eigenvalue weighted by atomic mass is 16.5. The highest BCUT2D eigenvalue weighted by molar-refractivity contribution is 6.00. The number of amides is 2. The summed E-state index contributed by atoms with van der Waals surface area (Å²) in [4.78, 5) is 40.2. The third kappa shape index (κ3) is 4.56. The number of carbonyl (C=O) groups excluding carboxylic acids is 2. The fraction of sp³-hybridized carbons (Fsp3) is 0.405. The van der Waals surface area contributed by atoms with Crippen molar-refractivity contribution in [1.29, 1.82) is 0 Å². The van der Waals surface area contributed by atoms with Gasteiger partial charge in [0.2, 0.25) is 5.91 Å². The van der Waals surface area contributed by atoms with E-state index in [1.165, 1.54) is 12.8 Å². The van der Waals surface area contributed by atoms with Gasteiger partial charge in [0.15, 0.2) is 5.82 Å². The molecule has 2 amide bonds. The number of likely N-dealkylation sites (tertiary alicyclic amines) is 1. The minimum atomic E-state index is -0.000286. The van der Waals surface area contributed by atoms with Crippen LogP contribution in [0.25, 0.3) is 44.8 Å². The second-order valence-electron chi connectivity index (χ2n) is 13.9. The number of pyridine rings is 1. The van der Waals surface area contributed by atoms with Crippen LogP contribution in [0.15, 0.2) is 54.6 Å². The number of hydrogen-bond acceptors (Lipinski definition) is 6. The number of carbonyl (C=O) groups is 2. The number of methoxy groups -OCH3 is 1. The lowest BCUT2D eigenvalue weighted by molar-refractivity contribution is -0.117. The van der Waals surface area contributed by atoms with Gasteiger partial charge in [-0.15, -0.1) is 0 Å². The van der Waals surface area contributed by atoms with Gasteiger partial charge in [0.05, 0.1) is 24.0 Å². The van der Waals surface area contributed by atoms with Crippen LogP contribution < -0.4 is 15.4 Å². The second kappa shape index (κ2) is 10.7. The van der Waals surface area contributed by atoms with E-state index in [4.69, 9.17) is 20.4 Å². The van der Waals surface area contributed by atoms with Gasteiger partial charge in [0, 0.05) is 67.4 Å². The van der Waals surface area contributed by atoms with Crippen LogP contribution in [0.1, 0.15) is 48.9 Å². The highest BCUT2D eigenvalue weighted by Crippen LogP contribution is 2.40. The van der Waals surface area contributed by atoms with Gasteiger partial charge in [-0.05, 0) is 86.4 Å². The fourth-order valence-corrected chi connectivity index (χ4v) is 8.22. The summed E-state index contributed by atoms with van der Waals surface area (Å²) in [5.74, 6) is 2.63. The first kappa shape index (κ1) is 28.5. The predicted molar refractivity (Wildman–Crippen MR) is 181 cm³/mol.